The summed E-state index contributed by atoms with van der Waals surface area (Å²) in [6, 6.07) is 11.0. The Balaban J connectivity index is 1.65. The summed E-state index contributed by atoms with van der Waals surface area (Å²) in [5, 5.41) is 11.1. The normalized spacial score (nSPS) is 10.7. The maximum absolute atomic E-state index is 12.3. The molecule has 6 nitrogen and oxygen atoms in total. The third-order valence-electron chi connectivity index (χ3n) is 3.44. The Labute approximate surface area is 141 Å². The van der Waals surface area contributed by atoms with Crippen molar-refractivity contribution in [3.63, 3.8) is 0 Å². The van der Waals surface area contributed by atoms with Crippen LogP contribution in [0.1, 0.15) is 16.2 Å². The molecule has 23 heavy (non-hydrogen) atoms. The number of aromatic nitrogens is 3. The van der Waals surface area contributed by atoms with Crippen LogP contribution in [0.3, 0.4) is 0 Å². The molecular formula is C16H15BrN4O2. The van der Waals surface area contributed by atoms with E-state index in [0.717, 1.165) is 15.9 Å². The van der Waals surface area contributed by atoms with Crippen LogP contribution in [-0.2, 0) is 6.42 Å². The van der Waals surface area contributed by atoms with E-state index in [0.29, 0.717) is 24.3 Å². The number of amides is 1. The molecule has 7 heteroatoms. The molecule has 0 aliphatic rings. The molecule has 0 unspecified atom stereocenters. The summed E-state index contributed by atoms with van der Waals surface area (Å²) in [4.78, 5) is 12.3. The zero-order chi connectivity index (χ0) is 16.2. The lowest BCUT2D eigenvalue weighted by Gasteiger charge is -2.08. The molecule has 118 valence electrons. The van der Waals surface area contributed by atoms with E-state index in [1.54, 1.807) is 25.3 Å². The van der Waals surface area contributed by atoms with Gasteiger partial charge < -0.3 is 10.1 Å². The Hall–Kier alpha value is -2.41. The number of ether oxygens (including phenoxy) is 1. The molecule has 2 aromatic heterocycles. The first-order valence-electron chi connectivity index (χ1n) is 7.09. The second kappa shape index (κ2) is 6.78. The molecule has 0 spiro atoms. The van der Waals surface area contributed by atoms with Gasteiger partial charge in [0.05, 0.1) is 12.7 Å². The highest BCUT2D eigenvalue weighted by Gasteiger charge is 2.12. The average molecular weight is 375 g/mol. The number of hydrogen-bond donors (Lipinski definition) is 1. The Morgan fingerprint density at radius 3 is 3.00 bits per heavy atom. The summed E-state index contributed by atoms with van der Waals surface area (Å²) in [5.41, 5.74) is 1.33. The molecule has 1 N–H and O–H groups in total. The van der Waals surface area contributed by atoms with Gasteiger partial charge in [-0.1, -0.05) is 6.07 Å². The molecule has 1 aromatic carbocycles. The lowest BCUT2D eigenvalue weighted by Crippen LogP contribution is -2.26. The monoisotopic (exact) mass is 374 g/mol. The highest BCUT2D eigenvalue weighted by atomic mass is 79.9. The lowest BCUT2D eigenvalue weighted by atomic mass is 10.2. The van der Waals surface area contributed by atoms with E-state index in [9.17, 15) is 4.79 Å². The summed E-state index contributed by atoms with van der Waals surface area (Å²) in [7, 11) is 1.57. The first kappa shape index (κ1) is 15.5. The molecule has 0 fully saturated rings. The van der Waals surface area contributed by atoms with Gasteiger partial charge in [0.15, 0.2) is 5.65 Å². The standard InChI is InChI=1S/C16H15BrN4O2/c1-23-11-5-6-13(17)12(10-11)16(22)18-8-7-15-20-19-14-4-2-3-9-21(14)15/h2-6,9-10H,7-8H2,1H3,(H,18,22). The molecule has 0 saturated heterocycles. The largest absolute Gasteiger partial charge is 0.497 e. The van der Waals surface area contributed by atoms with Crippen LogP contribution in [0.15, 0.2) is 47.1 Å². The van der Waals surface area contributed by atoms with Gasteiger partial charge in [0.1, 0.15) is 11.6 Å². The van der Waals surface area contributed by atoms with Gasteiger partial charge in [-0.15, -0.1) is 10.2 Å². The summed E-state index contributed by atoms with van der Waals surface area (Å²) < 4.78 is 7.79. The fraction of sp³-hybridized carbons (Fsp3) is 0.188. The minimum Gasteiger partial charge on any atom is -0.497 e. The first-order chi connectivity index (χ1) is 11.2. The van der Waals surface area contributed by atoms with Crippen LogP contribution in [0.4, 0.5) is 0 Å². The third kappa shape index (κ3) is 3.34. The molecule has 0 radical (unpaired) electrons. The lowest BCUT2D eigenvalue weighted by molar-refractivity contribution is 0.0953. The summed E-state index contributed by atoms with van der Waals surface area (Å²) in [6.07, 6.45) is 2.50. The van der Waals surface area contributed by atoms with E-state index in [-0.39, 0.29) is 5.91 Å². The van der Waals surface area contributed by atoms with Crippen molar-refractivity contribution in [3.05, 3.63) is 58.5 Å². The molecule has 1 amide bonds. The van der Waals surface area contributed by atoms with Crippen LogP contribution in [0.2, 0.25) is 0 Å². The zero-order valence-corrected chi connectivity index (χ0v) is 14.1. The predicted molar refractivity (Wildman–Crippen MR) is 89.7 cm³/mol. The molecule has 0 aliphatic heterocycles. The Morgan fingerprint density at radius 1 is 1.30 bits per heavy atom. The number of nitrogens with zero attached hydrogens (tertiary/aromatic N) is 3. The van der Waals surface area contributed by atoms with Crippen LogP contribution in [0.25, 0.3) is 5.65 Å². The number of rotatable bonds is 5. The highest BCUT2D eigenvalue weighted by Crippen LogP contribution is 2.22. The van der Waals surface area contributed by atoms with Crippen LogP contribution >= 0.6 is 15.9 Å². The number of carbonyl (C=O) groups excluding carboxylic acids is 1. The molecule has 3 rings (SSSR count). The number of fused-ring (bicyclic) bond motifs is 1. The molecule has 0 saturated carbocycles. The van der Waals surface area contributed by atoms with Crippen molar-refractivity contribution in [3.8, 4) is 5.75 Å². The minimum atomic E-state index is -0.162. The minimum absolute atomic E-state index is 0.162. The van der Waals surface area contributed by atoms with Gasteiger partial charge in [-0.05, 0) is 46.3 Å². The fourth-order valence-electron chi connectivity index (χ4n) is 2.25. The van der Waals surface area contributed by atoms with Gasteiger partial charge in [-0.25, -0.2) is 0 Å². The highest BCUT2D eigenvalue weighted by molar-refractivity contribution is 9.10. The van der Waals surface area contributed by atoms with E-state index in [2.05, 4.69) is 31.4 Å². The summed E-state index contributed by atoms with van der Waals surface area (Å²) in [6.45, 7) is 0.470. The first-order valence-corrected chi connectivity index (χ1v) is 7.88. The van der Waals surface area contributed by atoms with Gasteiger partial charge in [0.2, 0.25) is 0 Å². The fourth-order valence-corrected chi connectivity index (χ4v) is 2.68. The number of benzene rings is 1. The molecule has 0 aliphatic carbocycles. The van der Waals surface area contributed by atoms with Gasteiger partial charge in [0, 0.05) is 23.6 Å². The number of halogens is 1. The Bertz CT molecular complexity index is 847. The molecule has 3 aromatic rings. The number of nitrogens with one attached hydrogen (secondary N) is 1. The molecule has 2 heterocycles. The van der Waals surface area contributed by atoms with E-state index < -0.39 is 0 Å². The third-order valence-corrected chi connectivity index (χ3v) is 4.13. The van der Waals surface area contributed by atoms with Gasteiger partial charge in [-0.3, -0.25) is 9.20 Å². The number of pyridine rings is 1. The van der Waals surface area contributed by atoms with Crippen molar-refractivity contribution < 1.29 is 9.53 Å². The molecule has 0 atom stereocenters. The molecular weight excluding hydrogens is 360 g/mol. The van der Waals surface area contributed by atoms with Crippen LogP contribution in [0.5, 0.6) is 5.75 Å². The maximum atomic E-state index is 12.3. The quantitative estimate of drug-likeness (QED) is 0.744. The topological polar surface area (TPSA) is 68.5 Å². The summed E-state index contributed by atoms with van der Waals surface area (Å²) in [5.74, 6) is 1.29. The second-order valence-corrected chi connectivity index (χ2v) is 5.75. The van der Waals surface area contributed by atoms with Crippen LogP contribution in [0, 0.1) is 0 Å². The second-order valence-electron chi connectivity index (χ2n) is 4.90. The van der Waals surface area contributed by atoms with E-state index in [1.165, 1.54) is 0 Å². The van der Waals surface area contributed by atoms with Crippen LogP contribution in [-0.4, -0.2) is 34.2 Å². The van der Waals surface area contributed by atoms with E-state index >= 15 is 0 Å². The molecule has 0 bridgehead atoms. The zero-order valence-electron chi connectivity index (χ0n) is 12.5. The van der Waals surface area contributed by atoms with Crippen molar-refractivity contribution in [2.45, 2.75) is 6.42 Å². The van der Waals surface area contributed by atoms with Crippen LogP contribution < -0.4 is 10.1 Å². The van der Waals surface area contributed by atoms with Crippen molar-refractivity contribution in [1.82, 2.24) is 19.9 Å². The van der Waals surface area contributed by atoms with Crippen molar-refractivity contribution in [2.75, 3.05) is 13.7 Å². The van der Waals surface area contributed by atoms with E-state index in [4.69, 9.17) is 4.74 Å². The average Bonchev–Trinajstić information content (AvgIpc) is 2.98. The van der Waals surface area contributed by atoms with Gasteiger partial charge >= 0.3 is 0 Å². The van der Waals surface area contributed by atoms with E-state index in [1.807, 2.05) is 28.8 Å². The number of hydrogen-bond acceptors (Lipinski definition) is 4. The Kier molecular flexibility index (Phi) is 4.57. The Morgan fingerprint density at radius 2 is 2.17 bits per heavy atom. The van der Waals surface area contributed by atoms with Gasteiger partial charge in [-0.2, -0.15) is 0 Å². The van der Waals surface area contributed by atoms with Crippen molar-refractivity contribution in [2.24, 2.45) is 0 Å². The van der Waals surface area contributed by atoms with Crippen molar-refractivity contribution in [1.29, 1.82) is 0 Å². The van der Waals surface area contributed by atoms with Crippen molar-refractivity contribution >= 4 is 27.5 Å². The summed E-state index contributed by atoms with van der Waals surface area (Å²) >= 11 is 3.38. The predicted octanol–water partition coefficient (Wildman–Crippen LogP) is 2.47. The number of methoxy groups -OCH3 is 1. The smallest absolute Gasteiger partial charge is 0.252 e. The maximum Gasteiger partial charge on any atom is 0.252 e. The SMILES string of the molecule is COc1ccc(Br)c(C(=O)NCCc2nnc3ccccn23)c1. The van der Waals surface area contributed by atoms with Gasteiger partial charge in [0.25, 0.3) is 5.91 Å². The number of carbonyl (C=O) groups is 1.